The van der Waals surface area contributed by atoms with Crippen LogP contribution in [0.2, 0.25) is 0 Å². The lowest BCUT2D eigenvalue weighted by atomic mass is 10.0. The van der Waals surface area contributed by atoms with Crippen LogP contribution in [0.5, 0.6) is 5.75 Å². The Labute approximate surface area is 126 Å². The van der Waals surface area contributed by atoms with Gasteiger partial charge in [-0.2, -0.15) is 0 Å². The molecule has 1 aromatic carbocycles. The summed E-state index contributed by atoms with van der Waals surface area (Å²) >= 11 is 3.05. The second-order valence-electron chi connectivity index (χ2n) is 4.49. The highest BCUT2D eigenvalue weighted by atomic mass is 79.9. The van der Waals surface area contributed by atoms with E-state index in [-0.39, 0.29) is 18.9 Å². The zero-order chi connectivity index (χ0) is 15.6. The van der Waals surface area contributed by atoms with Crippen LogP contribution >= 0.6 is 15.9 Å². The lowest BCUT2D eigenvalue weighted by molar-refractivity contribution is -0.274. The number of amides is 1. The lowest BCUT2D eigenvalue weighted by Gasteiger charge is -2.17. The third kappa shape index (κ3) is 4.32. The molecule has 3 N–H and O–H groups in total. The van der Waals surface area contributed by atoms with Gasteiger partial charge in [0, 0.05) is 10.5 Å². The molecular formula is C12H12BrF3N2O3. The zero-order valence-electron chi connectivity index (χ0n) is 10.6. The number of rotatable bonds is 3. The van der Waals surface area contributed by atoms with Crippen LogP contribution in [0.25, 0.3) is 0 Å². The summed E-state index contributed by atoms with van der Waals surface area (Å²) in [6.45, 7) is 0.378. The Bertz CT molecular complexity index is 539. The molecule has 1 heterocycles. The molecule has 2 atom stereocenters. The molecule has 1 aliphatic rings. The maximum absolute atomic E-state index is 12.4. The summed E-state index contributed by atoms with van der Waals surface area (Å²) in [5.74, 6) is -1.61. The molecule has 9 heteroatoms. The highest BCUT2D eigenvalue weighted by Gasteiger charge is 2.34. The molecule has 0 spiro atoms. The largest absolute Gasteiger partial charge is 0.573 e. The van der Waals surface area contributed by atoms with E-state index in [2.05, 4.69) is 26.0 Å². The first-order chi connectivity index (χ1) is 9.76. The second-order valence-corrected chi connectivity index (χ2v) is 5.40. The van der Waals surface area contributed by atoms with E-state index in [1.54, 1.807) is 0 Å². The van der Waals surface area contributed by atoms with Crippen molar-refractivity contribution in [1.82, 2.24) is 0 Å². The average molecular weight is 369 g/mol. The van der Waals surface area contributed by atoms with Gasteiger partial charge in [-0.25, -0.2) is 0 Å². The highest BCUT2D eigenvalue weighted by Crippen LogP contribution is 2.33. The summed E-state index contributed by atoms with van der Waals surface area (Å²) in [4.78, 5) is 12.0. The number of nitrogens with two attached hydrogens (primary N) is 1. The van der Waals surface area contributed by atoms with Crippen LogP contribution in [-0.2, 0) is 9.53 Å². The molecule has 0 bridgehead atoms. The van der Waals surface area contributed by atoms with Gasteiger partial charge in [0.2, 0.25) is 5.91 Å². The van der Waals surface area contributed by atoms with Crippen LogP contribution in [-0.4, -0.2) is 31.5 Å². The van der Waals surface area contributed by atoms with Crippen molar-refractivity contribution < 1.29 is 27.4 Å². The fraction of sp³-hybridized carbons (Fsp3) is 0.417. The van der Waals surface area contributed by atoms with Gasteiger partial charge >= 0.3 is 6.36 Å². The summed E-state index contributed by atoms with van der Waals surface area (Å²) < 4.78 is 46.4. The number of carbonyl (C=O) groups excluding carboxylic acids is 1. The minimum atomic E-state index is -4.85. The van der Waals surface area contributed by atoms with E-state index in [0.29, 0.717) is 4.47 Å². The van der Waals surface area contributed by atoms with E-state index in [0.717, 1.165) is 6.07 Å². The van der Waals surface area contributed by atoms with Crippen molar-refractivity contribution in [2.24, 2.45) is 11.7 Å². The SMILES string of the molecule is NC1COCC1C(=O)Nc1ccc(Br)cc1OC(F)(F)F. The monoisotopic (exact) mass is 368 g/mol. The van der Waals surface area contributed by atoms with Crippen molar-refractivity contribution in [3.05, 3.63) is 22.7 Å². The Morgan fingerprint density at radius 2 is 2.14 bits per heavy atom. The molecule has 1 amide bonds. The third-order valence-corrected chi connectivity index (χ3v) is 3.38. The fourth-order valence-electron chi connectivity index (χ4n) is 1.87. The van der Waals surface area contributed by atoms with Crippen LogP contribution in [0.3, 0.4) is 0 Å². The summed E-state index contributed by atoms with van der Waals surface area (Å²) in [7, 11) is 0. The smallest absolute Gasteiger partial charge is 0.404 e. The van der Waals surface area contributed by atoms with E-state index in [9.17, 15) is 18.0 Å². The first-order valence-electron chi connectivity index (χ1n) is 5.96. The highest BCUT2D eigenvalue weighted by molar-refractivity contribution is 9.10. The topological polar surface area (TPSA) is 73.6 Å². The Kier molecular flexibility index (Phi) is 4.74. The summed E-state index contributed by atoms with van der Waals surface area (Å²) in [6.07, 6.45) is -4.85. The van der Waals surface area contributed by atoms with E-state index in [1.807, 2.05) is 0 Å². The van der Waals surface area contributed by atoms with Crippen molar-refractivity contribution in [3.8, 4) is 5.75 Å². The molecular weight excluding hydrogens is 357 g/mol. The predicted octanol–water partition coefficient (Wildman–Crippen LogP) is 2.26. The number of ether oxygens (including phenoxy) is 2. The van der Waals surface area contributed by atoms with Crippen LogP contribution < -0.4 is 15.8 Å². The third-order valence-electron chi connectivity index (χ3n) is 2.89. The standard InChI is InChI=1S/C12H12BrF3N2O3/c13-6-1-2-9(10(3-6)21-12(14,15)16)18-11(19)7-4-20-5-8(7)17/h1-3,7-8H,4-5,17H2,(H,18,19). The first-order valence-corrected chi connectivity index (χ1v) is 6.75. The van der Waals surface area contributed by atoms with Gasteiger partial charge in [-0.15, -0.1) is 13.2 Å². The minimum absolute atomic E-state index is 0.0837. The number of carbonyl (C=O) groups is 1. The van der Waals surface area contributed by atoms with Gasteiger partial charge in [-0.05, 0) is 18.2 Å². The molecule has 0 radical (unpaired) electrons. The number of nitrogens with one attached hydrogen (secondary N) is 1. The molecule has 1 saturated heterocycles. The van der Waals surface area contributed by atoms with E-state index >= 15 is 0 Å². The lowest BCUT2D eigenvalue weighted by Crippen LogP contribution is -2.37. The Morgan fingerprint density at radius 1 is 1.43 bits per heavy atom. The molecule has 116 valence electrons. The molecule has 1 aliphatic heterocycles. The van der Waals surface area contributed by atoms with Crippen molar-refractivity contribution in [2.75, 3.05) is 18.5 Å². The maximum Gasteiger partial charge on any atom is 0.573 e. The van der Waals surface area contributed by atoms with E-state index in [1.165, 1.54) is 12.1 Å². The molecule has 2 rings (SSSR count). The fourth-order valence-corrected chi connectivity index (χ4v) is 2.22. The molecule has 0 aliphatic carbocycles. The number of benzene rings is 1. The average Bonchev–Trinajstić information content (AvgIpc) is 2.77. The molecule has 1 aromatic rings. The quantitative estimate of drug-likeness (QED) is 0.858. The number of alkyl halides is 3. The van der Waals surface area contributed by atoms with E-state index in [4.69, 9.17) is 10.5 Å². The minimum Gasteiger partial charge on any atom is -0.404 e. The molecule has 21 heavy (non-hydrogen) atoms. The number of anilines is 1. The van der Waals surface area contributed by atoms with Crippen molar-refractivity contribution >= 4 is 27.5 Å². The summed E-state index contributed by atoms with van der Waals surface area (Å²) in [6, 6.07) is 3.44. The Balaban J connectivity index is 2.17. The van der Waals surface area contributed by atoms with Gasteiger partial charge in [0.05, 0.1) is 24.8 Å². The van der Waals surface area contributed by atoms with Crippen molar-refractivity contribution in [1.29, 1.82) is 0 Å². The summed E-state index contributed by atoms with van der Waals surface area (Å²) in [5, 5.41) is 2.39. The molecule has 2 unspecified atom stereocenters. The molecule has 0 saturated carbocycles. The zero-order valence-corrected chi connectivity index (χ0v) is 12.2. The molecule has 1 fully saturated rings. The maximum atomic E-state index is 12.4. The Morgan fingerprint density at radius 3 is 2.71 bits per heavy atom. The van der Waals surface area contributed by atoms with Crippen LogP contribution in [0.15, 0.2) is 22.7 Å². The van der Waals surface area contributed by atoms with Crippen LogP contribution in [0.4, 0.5) is 18.9 Å². The van der Waals surface area contributed by atoms with Gasteiger partial charge < -0.3 is 20.5 Å². The Hall–Kier alpha value is -1.32. The molecule has 0 aromatic heterocycles. The van der Waals surface area contributed by atoms with Crippen LogP contribution in [0.1, 0.15) is 0 Å². The molecule has 5 nitrogen and oxygen atoms in total. The number of halogens is 4. The van der Waals surface area contributed by atoms with Crippen molar-refractivity contribution in [2.45, 2.75) is 12.4 Å². The van der Waals surface area contributed by atoms with Gasteiger partial charge in [0.15, 0.2) is 5.75 Å². The predicted molar refractivity (Wildman–Crippen MR) is 71.7 cm³/mol. The first kappa shape index (κ1) is 16.1. The van der Waals surface area contributed by atoms with Crippen LogP contribution in [0, 0.1) is 5.92 Å². The van der Waals surface area contributed by atoms with E-state index < -0.39 is 30.0 Å². The van der Waals surface area contributed by atoms with Crippen molar-refractivity contribution in [3.63, 3.8) is 0 Å². The van der Waals surface area contributed by atoms with Gasteiger partial charge in [-0.3, -0.25) is 4.79 Å². The van der Waals surface area contributed by atoms with Gasteiger partial charge in [0.25, 0.3) is 0 Å². The van der Waals surface area contributed by atoms with Gasteiger partial charge in [-0.1, -0.05) is 15.9 Å². The number of hydrogen-bond acceptors (Lipinski definition) is 4. The second kappa shape index (κ2) is 6.20. The normalized spacial score (nSPS) is 22.1. The van der Waals surface area contributed by atoms with Gasteiger partial charge in [0.1, 0.15) is 0 Å². The number of hydrogen-bond donors (Lipinski definition) is 2. The summed E-state index contributed by atoms with van der Waals surface area (Å²) in [5.41, 5.74) is 5.61.